The summed E-state index contributed by atoms with van der Waals surface area (Å²) >= 11 is 3.81. The van der Waals surface area contributed by atoms with Crippen LogP contribution in [-0.4, -0.2) is 12.7 Å². The number of halogens is 1. The molecule has 2 unspecified atom stereocenters. The van der Waals surface area contributed by atoms with E-state index in [0.717, 1.165) is 13.0 Å². The number of rotatable bonds is 4. The molecule has 0 aliphatic carbocycles. The van der Waals surface area contributed by atoms with Gasteiger partial charge in [-0.2, -0.15) is 0 Å². The van der Waals surface area contributed by atoms with Crippen molar-refractivity contribution in [3.63, 3.8) is 0 Å². The van der Waals surface area contributed by atoms with Crippen LogP contribution < -0.4 is 0 Å². The largest absolute Gasteiger partial charge is 0.378 e. The molecule has 2 rings (SSSR count). The molecule has 0 bridgehead atoms. The number of ether oxygens (including phenoxy) is 1. The van der Waals surface area contributed by atoms with E-state index in [2.05, 4.69) is 48.0 Å². The molecule has 1 aromatic carbocycles. The van der Waals surface area contributed by atoms with Gasteiger partial charge in [-0.15, -0.1) is 0 Å². The predicted molar refractivity (Wildman–Crippen MR) is 75.8 cm³/mol. The normalized spacial score (nSPS) is 21.7. The summed E-state index contributed by atoms with van der Waals surface area (Å²) in [6.07, 6.45) is 5.31. The Balaban J connectivity index is 1.91. The van der Waals surface area contributed by atoms with Crippen LogP contribution in [0.4, 0.5) is 0 Å². The molecule has 1 aliphatic rings. The van der Waals surface area contributed by atoms with Gasteiger partial charge in [-0.3, -0.25) is 0 Å². The van der Waals surface area contributed by atoms with Crippen molar-refractivity contribution in [2.45, 2.75) is 50.5 Å². The summed E-state index contributed by atoms with van der Waals surface area (Å²) in [5.41, 5.74) is 4.15. The van der Waals surface area contributed by atoms with Gasteiger partial charge in [0.1, 0.15) is 0 Å². The highest BCUT2D eigenvalue weighted by Crippen LogP contribution is 2.32. The van der Waals surface area contributed by atoms with Gasteiger partial charge in [-0.05, 0) is 50.7 Å². The fraction of sp³-hybridized carbons (Fsp3) is 0.600. The molecule has 1 fully saturated rings. The van der Waals surface area contributed by atoms with E-state index in [1.54, 1.807) is 0 Å². The van der Waals surface area contributed by atoms with E-state index in [1.807, 2.05) is 0 Å². The Morgan fingerprint density at radius 2 is 2.24 bits per heavy atom. The molecule has 0 spiro atoms. The van der Waals surface area contributed by atoms with Gasteiger partial charge >= 0.3 is 0 Å². The number of hydrogen-bond donors (Lipinski definition) is 0. The van der Waals surface area contributed by atoms with Gasteiger partial charge in [-0.1, -0.05) is 39.7 Å². The maximum atomic E-state index is 5.67. The highest BCUT2D eigenvalue weighted by atomic mass is 79.9. The van der Waals surface area contributed by atoms with Crippen LogP contribution in [0.2, 0.25) is 0 Å². The minimum Gasteiger partial charge on any atom is -0.378 e. The average molecular weight is 297 g/mol. The van der Waals surface area contributed by atoms with E-state index in [9.17, 15) is 0 Å². The fourth-order valence-corrected chi connectivity index (χ4v) is 3.31. The monoisotopic (exact) mass is 296 g/mol. The van der Waals surface area contributed by atoms with E-state index in [1.165, 1.54) is 36.0 Å². The average Bonchev–Trinajstić information content (AvgIpc) is 2.78. The van der Waals surface area contributed by atoms with Crippen LogP contribution in [0.5, 0.6) is 0 Å². The lowest BCUT2D eigenvalue weighted by Crippen LogP contribution is -2.06. The number of aryl methyl sites for hydroxylation is 2. The molecule has 1 nitrogen and oxygen atoms in total. The Hall–Kier alpha value is -0.340. The highest BCUT2D eigenvalue weighted by molar-refractivity contribution is 9.09. The van der Waals surface area contributed by atoms with E-state index in [0.29, 0.717) is 10.9 Å². The standard InChI is InChI=1S/C15H21BrO/c1-11-5-7-14(12(2)10-11)15(16)8-6-13-4-3-9-17-13/h5,7,10,13,15H,3-4,6,8-9H2,1-2H3. The maximum Gasteiger partial charge on any atom is 0.0576 e. The van der Waals surface area contributed by atoms with Crippen molar-refractivity contribution in [2.75, 3.05) is 6.61 Å². The summed E-state index contributed by atoms with van der Waals surface area (Å²) in [6, 6.07) is 6.71. The molecule has 1 saturated heterocycles. The van der Waals surface area contributed by atoms with E-state index >= 15 is 0 Å². The number of hydrogen-bond acceptors (Lipinski definition) is 1. The minimum atomic E-state index is 0.465. The molecule has 0 aromatic heterocycles. The van der Waals surface area contributed by atoms with Crippen LogP contribution in [0.15, 0.2) is 18.2 Å². The van der Waals surface area contributed by atoms with Crippen LogP contribution >= 0.6 is 15.9 Å². The number of benzene rings is 1. The van der Waals surface area contributed by atoms with Crippen LogP contribution in [0.25, 0.3) is 0 Å². The summed E-state index contributed by atoms with van der Waals surface area (Å²) < 4.78 is 5.67. The zero-order valence-corrected chi connectivity index (χ0v) is 12.3. The zero-order valence-electron chi connectivity index (χ0n) is 10.7. The second-order valence-corrected chi connectivity index (χ2v) is 6.15. The molecule has 0 saturated carbocycles. The van der Waals surface area contributed by atoms with Crippen molar-refractivity contribution in [3.8, 4) is 0 Å². The van der Waals surface area contributed by atoms with Gasteiger partial charge in [0.25, 0.3) is 0 Å². The third-order valence-electron chi connectivity index (χ3n) is 3.53. The van der Waals surface area contributed by atoms with Crippen molar-refractivity contribution in [3.05, 3.63) is 34.9 Å². The van der Waals surface area contributed by atoms with Crippen molar-refractivity contribution >= 4 is 15.9 Å². The van der Waals surface area contributed by atoms with Crippen molar-refractivity contribution in [1.82, 2.24) is 0 Å². The van der Waals surface area contributed by atoms with Crippen LogP contribution in [0, 0.1) is 13.8 Å². The molecule has 0 amide bonds. The van der Waals surface area contributed by atoms with Gasteiger partial charge in [0.05, 0.1) is 6.10 Å². The van der Waals surface area contributed by atoms with E-state index in [-0.39, 0.29) is 0 Å². The Bertz CT molecular complexity index is 369. The number of alkyl halides is 1. The molecule has 0 radical (unpaired) electrons. The van der Waals surface area contributed by atoms with Gasteiger partial charge in [0, 0.05) is 11.4 Å². The van der Waals surface area contributed by atoms with Gasteiger partial charge < -0.3 is 4.74 Å². The van der Waals surface area contributed by atoms with Gasteiger partial charge in [0.2, 0.25) is 0 Å². The minimum absolute atomic E-state index is 0.465. The Morgan fingerprint density at radius 1 is 1.41 bits per heavy atom. The molecular weight excluding hydrogens is 276 g/mol. The van der Waals surface area contributed by atoms with Crippen molar-refractivity contribution < 1.29 is 4.74 Å². The third-order valence-corrected chi connectivity index (χ3v) is 4.48. The first-order valence-electron chi connectivity index (χ1n) is 6.49. The molecule has 1 aliphatic heterocycles. The van der Waals surface area contributed by atoms with Gasteiger partial charge in [0.15, 0.2) is 0 Å². The van der Waals surface area contributed by atoms with Crippen LogP contribution in [0.3, 0.4) is 0 Å². The molecule has 2 heteroatoms. The summed E-state index contributed by atoms with van der Waals surface area (Å²) in [5, 5.41) is 0. The Kier molecular flexibility index (Phi) is 4.63. The zero-order chi connectivity index (χ0) is 12.3. The summed E-state index contributed by atoms with van der Waals surface area (Å²) in [6.45, 7) is 5.30. The molecule has 2 atom stereocenters. The molecule has 0 N–H and O–H groups in total. The lowest BCUT2D eigenvalue weighted by molar-refractivity contribution is 0.102. The fourth-order valence-electron chi connectivity index (χ4n) is 2.54. The summed E-state index contributed by atoms with van der Waals surface area (Å²) in [5.74, 6) is 0. The third kappa shape index (κ3) is 3.56. The predicted octanol–water partition coefficient (Wildman–Crippen LogP) is 4.70. The SMILES string of the molecule is Cc1ccc(C(Br)CCC2CCCO2)c(C)c1. The summed E-state index contributed by atoms with van der Waals surface area (Å²) in [7, 11) is 0. The molecule has 1 aromatic rings. The lowest BCUT2D eigenvalue weighted by atomic mass is 9.99. The lowest BCUT2D eigenvalue weighted by Gasteiger charge is -2.16. The second kappa shape index (κ2) is 6.01. The van der Waals surface area contributed by atoms with E-state index in [4.69, 9.17) is 4.74 Å². The Labute approximate surface area is 113 Å². The molecular formula is C15H21BrO. The smallest absolute Gasteiger partial charge is 0.0576 e. The van der Waals surface area contributed by atoms with Gasteiger partial charge in [-0.25, -0.2) is 0 Å². The van der Waals surface area contributed by atoms with Crippen LogP contribution in [0.1, 0.15) is 47.2 Å². The maximum absolute atomic E-state index is 5.67. The summed E-state index contributed by atoms with van der Waals surface area (Å²) in [4.78, 5) is 0.465. The first-order chi connectivity index (χ1) is 8.16. The first kappa shape index (κ1) is 13.1. The highest BCUT2D eigenvalue weighted by Gasteiger charge is 2.18. The Morgan fingerprint density at radius 3 is 2.88 bits per heavy atom. The van der Waals surface area contributed by atoms with Crippen molar-refractivity contribution in [1.29, 1.82) is 0 Å². The van der Waals surface area contributed by atoms with Crippen LogP contribution in [-0.2, 0) is 4.74 Å². The van der Waals surface area contributed by atoms with Crippen molar-refractivity contribution in [2.24, 2.45) is 0 Å². The first-order valence-corrected chi connectivity index (χ1v) is 7.41. The quantitative estimate of drug-likeness (QED) is 0.732. The molecule has 94 valence electrons. The molecule has 17 heavy (non-hydrogen) atoms. The molecule has 1 heterocycles. The second-order valence-electron chi connectivity index (χ2n) is 5.04. The topological polar surface area (TPSA) is 9.23 Å². The van der Waals surface area contributed by atoms with E-state index < -0.39 is 0 Å².